The van der Waals surface area contributed by atoms with Crippen molar-refractivity contribution in [2.75, 3.05) is 22.9 Å². The third-order valence-electron chi connectivity index (χ3n) is 5.80. The summed E-state index contributed by atoms with van der Waals surface area (Å²) in [5, 5.41) is 26.7. The van der Waals surface area contributed by atoms with Gasteiger partial charge < -0.3 is 20.1 Å². The number of hydrogen-bond acceptors (Lipinski definition) is 8. The molecule has 1 atom stereocenters. The van der Waals surface area contributed by atoms with E-state index in [1.807, 2.05) is 26.8 Å². The average molecular weight is 582 g/mol. The highest BCUT2D eigenvalue weighted by Gasteiger charge is 2.49. The van der Waals surface area contributed by atoms with Crippen LogP contribution < -0.4 is 15.3 Å². The van der Waals surface area contributed by atoms with Gasteiger partial charge in [-0.25, -0.2) is 8.42 Å². The van der Waals surface area contributed by atoms with Crippen LogP contribution in [-0.2, 0) is 26.5 Å². The zero-order valence-electron chi connectivity index (χ0n) is 21.6. The summed E-state index contributed by atoms with van der Waals surface area (Å²) in [5.74, 6) is -0.415. The van der Waals surface area contributed by atoms with Crippen molar-refractivity contribution in [2.45, 2.75) is 39.7 Å². The van der Waals surface area contributed by atoms with Crippen molar-refractivity contribution in [3.63, 3.8) is 0 Å². The summed E-state index contributed by atoms with van der Waals surface area (Å²) in [6.45, 7) is 7.76. The van der Waals surface area contributed by atoms with Crippen molar-refractivity contribution >= 4 is 52.0 Å². The maximum absolute atomic E-state index is 11.7. The van der Waals surface area contributed by atoms with Crippen molar-refractivity contribution in [1.29, 1.82) is 0 Å². The molecule has 0 spiro atoms. The lowest BCUT2D eigenvalue weighted by molar-refractivity contribution is 0.318. The van der Waals surface area contributed by atoms with Crippen LogP contribution in [0.4, 0.5) is 11.4 Å². The summed E-state index contributed by atoms with van der Waals surface area (Å²) in [7, 11) is -7.24. The number of nitrogens with one attached hydrogen (secondary N) is 2. The van der Waals surface area contributed by atoms with Crippen LogP contribution in [0.2, 0.25) is 5.02 Å². The highest BCUT2D eigenvalue weighted by Crippen LogP contribution is 2.60. The van der Waals surface area contributed by atoms with Gasteiger partial charge in [-0.1, -0.05) is 44.5 Å². The van der Waals surface area contributed by atoms with Gasteiger partial charge in [0.2, 0.25) is 21.2 Å². The van der Waals surface area contributed by atoms with Crippen LogP contribution in [-0.4, -0.2) is 46.8 Å². The standard InChI is InChI=1S/C25H30ClN4O6PS/c1-6-36-37(33)19-13-17(29-38(5,34)35)10-11-18(19)27-23(28-37)20-21(31)22(25(2,3)4)30(24(20)32)14-15-8-7-9-16(26)12-15/h7-13,29,33H,6,14H2,1-5H3,(H2-,27,28,31,32)/p+1. The molecule has 0 aliphatic carbocycles. The number of anilines is 2. The molecule has 0 bridgehead atoms. The lowest BCUT2D eigenvalue weighted by Crippen LogP contribution is -2.28. The van der Waals surface area contributed by atoms with Gasteiger partial charge in [-0.3, -0.25) is 4.72 Å². The molecule has 3 aromatic rings. The number of amidine groups is 1. The molecule has 5 N–H and O–H groups in total. The first-order valence-corrected chi connectivity index (χ1v) is 15.7. The maximum atomic E-state index is 11.7. The van der Waals surface area contributed by atoms with E-state index in [2.05, 4.69) is 14.8 Å². The summed E-state index contributed by atoms with van der Waals surface area (Å²) < 4.78 is 37.6. The van der Waals surface area contributed by atoms with E-state index in [0.29, 0.717) is 16.4 Å². The molecular formula is C25H31ClN4O6PS+. The first kappa shape index (κ1) is 28.2. The number of sulfonamides is 1. The lowest BCUT2D eigenvalue weighted by atomic mass is 9.91. The van der Waals surface area contributed by atoms with Crippen molar-refractivity contribution in [3.8, 4) is 11.6 Å². The molecular weight excluding hydrogens is 551 g/mol. The molecule has 1 aliphatic heterocycles. The predicted molar refractivity (Wildman–Crippen MR) is 152 cm³/mol. The second-order valence-electron chi connectivity index (χ2n) is 10.0. The van der Waals surface area contributed by atoms with E-state index in [4.69, 9.17) is 16.1 Å². The van der Waals surface area contributed by atoms with Gasteiger partial charge in [0.25, 0.3) is 0 Å². The summed E-state index contributed by atoms with van der Waals surface area (Å²) in [5.41, 5.74) is 1.34. The first-order chi connectivity index (χ1) is 17.6. The lowest BCUT2D eigenvalue weighted by Gasteiger charge is -2.23. The largest absolute Gasteiger partial charge is 0.505 e. The number of fused-ring (bicyclic) bond motifs is 1. The summed E-state index contributed by atoms with van der Waals surface area (Å²) in [6, 6.07) is 11.7. The third-order valence-corrected chi connectivity index (χ3v) is 8.73. The average Bonchev–Trinajstić information content (AvgIpc) is 3.02. The smallest absolute Gasteiger partial charge is 0.432 e. The topological polar surface area (TPSA) is 145 Å². The SMILES string of the molecule is CCO[P+]1(O)N=C(c2c(O)c(C(C)(C)C)n(Cc3cccc(Cl)c3)c2O)Nc2ccc(NS(C)(=O)=O)cc21. The van der Waals surface area contributed by atoms with Crippen LogP contribution in [0.3, 0.4) is 0 Å². The minimum Gasteiger partial charge on any atom is -0.505 e. The number of nitrogens with zero attached hydrogens (tertiary/aromatic N) is 2. The van der Waals surface area contributed by atoms with Gasteiger partial charge in [0.05, 0.1) is 36.5 Å². The van der Waals surface area contributed by atoms with Crippen molar-refractivity contribution in [3.05, 3.63) is 64.3 Å². The molecule has 0 radical (unpaired) electrons. The Morgan fingerprint density at radius 1 is 1.18 bits per heavy atom. The minimum absolute atomic E-state index is 0.0130. The Hall–Kier alpha value is -2.82. The van der Waals surface area contributed by atoms with Crippen LogP contribution in [0.15, 0.2) is 47.2 Å². The molecule has 1 aromatic heterocycles. The van der Waals surface area contributed by atoms with Gasteiger partial charge in [0.1, 0.15) is 5.56 Å². The van der Waals surface area contributed by atoms with Crippen molar-refractivity contribution in [1.82, 2.24) is 4.57 Å². The second-order valence-corrected chi connectivity index (χ2v) is 14.2. The summed E-state index contributed by atoms with van der Waals surface area (Å²) in [6.07, 6.45) is 1.03. The van der Waals surface area contributed by atoms with E-state index < -0.39 is 23.3 Å². The summed E-state index contributed by atoms with van der Waals surface area (Å²) >= 11 is 6.17. The minimum atomic E-state index is -3.68. The van der Waals surface area contributed by atoms with E-state index in [1.54, 1.807) is 35.8 Å². The number of aromatic nitrogens is 1. The van der Waals surface area contributed by atoms with Gasteiger partial charge >= 0.3 is 7.87 Å². The molecule has 204 valence electrons. The van der Waals surface area contributed by atoms with E-state index in [-0.39, 0.29) is 47.2 Å². The van der Waals surface area contributed by atoms with Crippen LogP contribution in [0.5, 0.6) is 11.6 Å². The molecule has 0 saturated carbocycles. The Balaban J connectivity index is 1.87. The molecule has 2 aromatic carbocycles. The zero-order chi connectivity index (χ0) is 28.0. The molecule has 10 nitrogen and oxygen atoms in total. The van der Waals surface area contributed by atoms with Gasteiger partial charge in [0.15, 0.2) is 11.6 Å². The highest BCUT2D eigenvalue weighted by atomic mass is 35.5. The van der Waals surface area contributed by atoms with Gasteiger partial charge in [-0.05, 0) is 41.5 Å². The number of hydrogen-bond donors (Lipinski definition) is 5. The van der Waals surface area contributed by atoms with Crippen molar-refractivity contribution < 1.29 is 28.0 Å². The fraction of sp³-hybridized carbons (Fsp3) is 0.320. The Morgan fingerprint density at radius 2 is 1.89 bits per heavy atom. The molecule has 0 fully saturated rings. The van der Waals surface area contributed by atoms with Crippen LogP contribution in [0, 0.1) is 0 Å². The zero-order valence-corrected chi connectivity index (χ0v) is 24.1. The first-order valence-electron chi connectivity index (χ1n) is 11.8. The molecule has 38 heavy (non-hydrogen) atoms. The normalized spacial score (nSPS) is 17.5. The second kappa shape index (κ2) is 10.1. The molecule has 0 amide bonds. The molecule has 13 heteroatoms. The number of benzene rings is 2. The van der Waals surface area contributed by atoms with Crippen LogP contribution in [0.25, 0.3) is 0 Å². The molecule has 0 saturated heterocycles. The number of rotatable bonds is 7. The van der Waals surface area contributed by atoms with Gasteiger partial charge in [-0.2, -0.15) is 9.42 Å². The van der Waals surface area contributed by atoms with E-state index >= 15 is 0 Å². The van der Waals surface area contributed by atoms with E-state index in [1.165, 1.54) is 12.1 Å². The quantitative estimate of drug-likeness (QED) is 0.257. The van der Waals surface area contributed by atoms with Crippen LogP contribution in [0.1, 0.15) is 44.5 Å². The van der Waals surface area contributed by atoms with Crippen LogP contribution >= 0.6 is 19.5 Å². The Kier molecular flexibility index (Phi) is 7.46. The predicted octanol–water partition coefficient (Wildman–Crippen LogP) is 4.56. The molecule has 2 heterocycles. The van der Waals surface area contributed by atoms with Gasteiger partial charge in [0, 0.05) is 16.5 Å². The fourth-order valence-electron chi connectivity index (χ4n) is 4.43. The highest BCUT2D eigenvalue weighted by molar-refractivity contribution is 7.92. The van der Waals surface area contributed by atoms with Gasteiger partial charge in [-0.15, -0.1) is 0 Å². The Morgan fingerprint density at radius 3 is 2.50 bits per heavy atom. The monoisotopic (exact) mass is 581 g/mol. The maximum Gasteiger partial charge on any atom is 0.432 e. The van der Waals surface area contributed by atoms with E-state index in [0.717, 1.165) is 11.8 Å². The third kappa shape index (κ3) is 5.62. The Bertz CT molecular complexity index is 1530. The molecule has 4 rings (SSSR count). The fourth-order valence-corrected chi connectivity index (χ4v) is 7.04. The number of aromatic hydroxyl groups is 2. The van der Waals surface area contributed by atoms with E-state index in [9.17, 15) is 23.5 Å². The Labute approximate surface area is 227 Å². The molecule has 1 unspecified atom stereocenters. The van der Waals surface area contributed by atoms with Crippen molar-refractivity contribution in [2.24, 2.45) is 4.76 Å². The summed E-state index contributed by atoms with van der Waals surface area (Å²) in [4.78, 5) is 11.6. The molecule has 1 aliphatic rings. The number of halogens is 1.